The average Bonchev–Trinajstić information content (AvgIpc) is 2.94. The second-order valence-electron chi connectivity index (χ2n) is 5.87. The molecule has 0 N–H and O–H groups in total. The first-order valence-electron chi connectivity index (χ1n) is 7.51. The third kappa shape index (κ3) is 3.57. The van der Waals surface area contributed by atoms with E-state index in [2.05, 4.69) is 4.99 Å². The van der Waals surface area contributed by atoms with Crippen LogP contribution in [0.25, 0.3) is 0 Å². The van der Waals surface area contributed by atoms with Crippen molar-refractivity contribution in [2.45, 2.75) is 23.7 Å². The lowest BCUT2D eigenvalue weighted by Crippen LogP contribution is -2.02. The van der Waals surface area contributed by atoms with Crippen molar-refractivity contribution in [1.82, 2.24) is 0 Å². The van der Waals surface area contributed by atoms with Crippen molar-refractivity contribution in [2.24, 2.45) is 4.99 Å². The van der Waals surface area contributed by atoms with Gasteiger partial charge >= 0.3 is 0 Å². The van der Waals surface area contributed by atoms with E-state index in [1.54, 1.807) is 6.21 Å². The van der Waals surface area contributed by atoms with Gasteiger partial charge in [-0.15, -0.1) is 0 Å². The summed E-state index contributed by atoms with van der Waals surface area (Å²) in [6.45, 7) is 0. The van der Waals surface area contributed by atoms with Gasteiger partial charge in [0.15, 0.2) is 9.84 Å². The Bertz CT molecular complexity index is 918. The minimum absolute atomic E-state index is 0.108. The van der Waals surface area contributed by atoms with Crippen molar-refractivity contribution in [2.75, 3.05) is 6.26 Å². The monoisotopic (exact) mass is 361 g/mol. The Morgan fingerprint density at radius 2 is 1.92 bits per heavy atom. The molecule has 0 radical (unpaired) electrons. The van der Waals surface area contributed by atoms with Gasteiger partial charge in [0.1, 0.15) is 0 Å². The normalized spacial score (nSPS) is 17.2. The lowest BCUT2D eigenvalue weighted by atomic mass is 10.0. The molecule has 0 bridgehead atoms. The third-order valence-electron chi connectivity index (χ3n) is 4.13. The molecule has 0 heterocycles. The summed E-state index contributed by atoms with van der Waals surface area (Å²) in [6, 6.07) is 11.6. The molecule has 6 heteroatoms. The van der Waals surface area contributed by atoms with E-state index in [4.69, 9.17) is 11.6 Å². The number of hydrogen-bond donors (Lipinski definition) is 0. The van der Waals surface area contributed by atoms with Crippen LogP contribution in [0.5, 0.6) is 0 Å². The molecule has 2 aromatic rings. The van der Waals surface area contributed by atoms with E-state index in [-0.39, 0.29) is 16.7 Å². The molecule has 1 unspecified atom stereocenters. The highest BCUT2D eigenvalue weighted by Crippen LogP contribution is 2.33. The van der Waals surface area contributed by atoms with Gasteiger partial charge in [-0.05, 0) is 60.4 Å². The van der Waals surface area contributed by atoms with Crippen molar-refractivity contribution in [3.8, 4) is 0 Å². The van der Waals surface area contributed by atoms with Gasteiger partial charge in [0.25, 0.3) is 5.91 Å². The van der Waals surface area contributed by atoms with E-state index in [1.807, 2.05) is 18.2 Å². The molecular weight excluding hydrogens is 346 g/mol. The first-order chi connectivity index (χ1) is 11.3. The number of fused-ring (bicyclic) bond motifs is 1. The van der Waals surface area contributed by atoms with Crippen LogP contribution in [0.4, 0.5) is 0 Å². The number of sulfone groups is 1. The number of amides is 1. The van der Waals surface area contributed by atoms with Crippen molar-refractivity contribution in [3.05, 3.63) is 64.2 Å². The van der Waals surface area contributed by atoms with E-state index < -0.39 is 9.84 Å². The number of benzene rings is 2. The minimum atomic E-state index is -3.27. The Morgan fingerprint density at radius 1 is 1.21 bits per heavy atom. The van der Waals surface area contributed by atoms with Crippen LogP contribution in [0.15, 0.2) is 52.4 Å². The molecule has 0 saturated carbocycles. The zero-order valence-corrected chi connectivity index (χ0v) is 14.6. The number of aliphatic imine (C=N–C) groups is 1. The number of halogens is 1. The van der Waals surface area contributed by atoms with E-state index in [0.29, 0.717) is 10.6 Å². The number of hydrogen-bond acceptors (Lipinski definition) is 3. The summed E-state index contributed by atoms with van der Waals surface area (Å²) in [6.07, 6.45) is 4.63. The highest BCUT2D eigenvalue weighted by Gasteiger charge is 2.21. The van der Waals surface area contributed by atoms with E-state index >= 15 is 0 Å². The smallest absolute Gasteiger partial charge is 0.267 e. The van der Waals surface area contributed by atoms with Gasteiger partial charge in [0.05, 0.1) is 4.90 Å². The highest BCUT2D eigenvalue weighted by molar-refractivity contribution is 7.90. The molecule has 0 aliphatic heterocycles. The fourth-order valence-corrected chi connectivity index (χ4v) is 3.68. The maximum Gasteiger partial charge on any atom is 0.276 e. The van der Waals surface area contributed by atoms with Crippen LogP contribution in [0.3, 0.4) is 0 Å². The predicted molar refractivity (Wildman–Crippen MR) is 94.9 cm³/mol. The van der Waals surface area contributed by atoms with E-state index in [0.717, 1.165) is 24.7 Å². The summed E-state index contributed by atoms with van der Waals surface area (Å²) in [4.78, 5) is 16.4. The molecule has 124 valence electrons. The predicted octanol–water partition coefficient (Wildman–Crippen LogP) is 3.68. The van der Waals surface area contributed by atoms with Crippen molar-refractivity contribution in [3.63, 3.8) is 0 Å². The maximum absolute atomic E-state index is 12.2. The highest BCUT2D eigenvalue weighted by atomic mass is 35.5. The van der Waals surface area contributed by atoms with Crippen LogP contribution in [-0.4, -0.2) is 26.8 Å². The number of rotatable bonds is 3. The van der Waals surface area contributed by atoms with Gasteiger partial charge in [0.2, 0.25) is 0 Å². The molecule has 0 spiro atoms. The Hall–Kier alpha value is -1.98. The van der Waals surface area contributed by atoms with Gasteiger partial charge in [-0.2, -0.15) is 0 Å². The summed E-state index contributed by atoms with van der Waals surface area (Å²) in [5.74, 6) is -0.269. The molecule has 0 fully saturated rings. The van der Waals surface area contributed by atoms with Crippen LogP contribution in [0.2, 0.25) is 5.02 Å². The van der Waals surface area contributed by atoms with Crippen LogP contribution in [-0.2, 0) is 16.3 Å². The van der Waals surface area contributed by atoms with E-state index in [9.17, 15) is 13.2 Å². The standard InChI is InChI=1S/C18H16ClNO3S/c1-24(22,23)16-7-4-12(5-8-16)18(21)20-11-14-3-2-13-10-15(19)6-9-17(13)14/h4-11,14H,2-3H2,1H3. The fraction of sp³-hybridized carbons (Fsp3) is 0.222. The number of aryl methyl sites for hydroxylation is 1. The molecule has 24 heavy (non-hydrogen) atoms. The largest absolute Gasteiger partial charge is 0.276 e. The van der Waals surface area contributed by atoms with Crippen LogP contribution in [0.1, 0.15) is 33.8 Å². The first-order valence-corrected chi connectivity index (χ1v) is 9.78. The zero-order valence-electron chi connectivity index (χ0n) is 13.1. The SMILES string of the molecule is CS(=O)(=O)c1ccc(C(=O)N=CC2CCc3cc(Cl)ccc32)cc1. The van der Waals surface area contributed by atoms with Gasteiger partial charge in [-0.3, -0.25) is 4.79 Å². The zero-order chi connectivity index (χ0) is 17.3. The molecule has 1 atom stereocenters. The molecule has 2 aromatic carbocycles. The first kappa shape index (κ1) is 16.9. The van der Waals surface area contributed by atoms with Gasteiger partial charge < -0.3 is 0 Å². The molecule has 4 nitrogen and oxygen atoms in total. The second kappa shape index (κ2) is 6.49. The van der Waals surface area contributed by atoms with Gasteiger partial charge in [0, 0.05) is 29.0 Å². The summed E-state index contributed by atoms with van der Waals surface area (Å²) in [5.41, 5.74) is 2.72. The third-order valence-corrected chi connectivity index (χ3v) is 5.49. The second-order valence-corrected chi connectivity index (χ2v) is 8.32. The van der Waals surface area contributed by atoms with Crippen molar-refractivity contribution < 1.29 is 13.2 Å². The lowest BCUT2D eigenvalue weighted by molar-refractivity contribution is 0.100. The van der Waals surface area contributed by atoms with E-state index in [1.165, 1.54) is 29.8 Å². The molecule has 0 saturated heterocycles. The van der Waals surface area contributed by atoms with Crippen LogP contribution >= 0.6 is 11.6 Å². The summed E-state index contributed by atoms with van der Waals surface area (Å²) in [7, 11) is -3.27. The molecular formula is C18H16ClNO3S. The Morgan fingerprint density at radius 3 is 2.58 bits per heavy atom. The average molecular weight is 362 g/mol. The van der Waals surface area contributed by atoms with Crippen molar-refractivity contribution >= 4 is 33.6 Å². The molecule has 3 rings (SSSR count). The summed E-state index contributed by atoms with van der Waals surface area (Å²) >= 11 is 5.99. The van der Waals surface area contributed by atoms with Crippen molar-refractivity contribution in [1.29, 1.82) is 0 Å². The lowest BCUT2D eigenvalue weighted by Gasteiger charge is -2.05. The Kier molecular flexibility index (Phi) is 4.56. The summed E-state index contributed by atoms with van der Waals surface area (Å²) < 4.78 is 22.9. The summed E-state index contributed by atoms with van der Waals surface area (Å²) in [5, 5.41) is 0.716. The molecule has 0 aromatic heterocycles. The van der Waals surface area contributed by atoms with Crippen LogP contribution < -0.4 is 0 Å². The quantitative estimate of drug-likeness (QED) is 0.783. The van der Waals surface area contributed by atoms with Gasteiger partial charge in [-0.1, -0.05) is 17.7 Å². The number of carbonyl (C=O) groups is 1. The molecule has 1 aliphatic rings. The maximum atomic E-state index is 12.2. The number of nitrogens with zero attached hydrogens (tertiary/aromatic N) is 1. The minimum Gasteiger partial charge on any atom is -0.267 e. The molecule has 1 amide bonds. The topological polar surface area (TPSA) is 63.6 Å². The van der Waals surface area contributed by atoms with Gasteiger partial charge in [-0.25, -0.2) is 13.4 Å². The Balaban J connectivity index is 1.75. The van der Waals surface area contributed by atoms with Crippen LogP contribution in [0, 0.1) is 0 Å². The molecule has 1 aliphatic carbocycles. The Labute approximate surface area is 146 Å². The fourth-order valence-electron chi connectivity index (χ4n) is 2.85. The number of carbonyl (C=O) groups excluding carboxylic acids is 1.